The standard InChI is InChI=1S/C11H11N3S/c1-8-13-14-7-10(12-11(14)15-8)9-5-3-2-4-6-9/h2-7,11-12H,1H3/t11-/m0/s1. The molecule has 76 valence electrons. The fraction of sp³-hybridized carbons (Fsp3) is 0.182. The second kappa shape index (κ2) is 3.31. The van der Waals surface area contributed by atoms with Gasteiger partial charge in [-0.3, -0.25) is 0 Å². The summed E-state index contributed by atoms with van der Waals surface area (Å²) in [5.74, 6) is 0. The molecule has 0 saturated carbocycles. The number of nitrogens with one attached hydrogen (secondary N) is 1. The first-order valence-corrected chi connectivity index (χ1v) is 5.75. The van der Waals surface area contributed by atoms with Crippen LogP contribution in [0, 0.1) is 0 Å². The van der Waals surface area contributed by atoms with Gasteiger partial charge in [0, 0.05) is 0 Å². The molecule has 0 radical (unpaired) electrons. The molecular weight excluding hydrogens is 206 g/mol. The molecule has 2 heterocycles. The Kier molecular flexibility index (Phi) is 1.95. The summed E-state index contributed by atoms with van der Waals surface area (Å²) >= 11 is 1.75. The molecule has 0 aromatic heterocycles. The van der Waals surface area contributed by atoms with Crippen molar-refractivity contribution in [1.29, 1.82) is 0 Å². The largest absolute Gasteiger partial charge is 0.353 e. The normalized spacial score (nSPS) is 23.3. The smallest absolute Gasteiger partial charge is 0.174 e. The Morgan fingerprint density at radius 3 is 2.87 bits per heavy atom. The van der Waals surface area contributed by atoms with Crippen LogP contribution >= 0.6 is 11.8 Å². The molecule has 0 unspecified atom stereocenters. The molecule has 1 N–H and O–H groups in total. The van der Waals surface area contributed by atoms with Crippen LogP contribution in [0.15, 0.2) is 41.6 Å². The lowest BCUT2D eigenvalue weighted by Gasteiger charge is -2.11. The van der Waals surface area contributed by atoms with E-state index in [0.717, 1.165) is 10.7 Å². The number of fused-ring (bicyclic) bond motifs is 1. The molecule has 3 nitrogen and oxygen atoms in total. The van der Waals surface area contributed by atoms with Gasteiger partial charge >= 0.3 is 0 Å². The molecular formula is C11H11N3S. The van der Waals surface area contributed by atoms with E-state index in [2.05, 4.69) is 28.8 Å². The molecule has 2 aliphatic rings. The number of hydrazone groups is 1. The van der Waals surface area contributed by atoms with E-state index in [0.29, 0.717) is 0 Å². The Hall–Kier alpha value is -1.42. The molecule has 3 rings (SSSR count). The van der Waals surface area contributed by atoms with Gasteiger partial charge in [0.1, 0.15) is 0 Å². The van der Waals surface area contributed by atoms with Crippen molar-refractivity contribution in [3.8, 4) is 0 Å². The summed E-state index contributed by atoms with van der Waals surface area (Å²) in [6.07, 6.45) is 2.06. The van der Waals surface area contributed by atoms with Crippen molar-refractivity contribution >= 4 is 22.5 Å². The molecule has 0 amide bonds. The average molecular weight is 217 g/mol. The summed E-state index contributed by atoms with van der Waals surface area (Å²) in [4.78, 5) is 0. The first-order valence-electron chi connectivity index (χ1n) is 4.87. The highest BCUT2D eigenvalue weighted by atomic mass is 32.2. The molecule has 0 bridgehead atoms. The summed E-state index contributed by atoms with van der Waals surface area (Å²) in [6, 6.07) is 10.3. The molecule has 15 heavy (non-hydrogen) atoms. The van der Waals surface area contributed by atoms with Gasteiger partial charge in [0.15, 0.2) is 5.50 Å². The lowest BCUT2D eigenvalue weighted by molar-refractivity contribution is 0.394. The lowest BCUT2D eigenvalue weighted by atomic mass is 10.2. The van der Waals surface area contributed by atoms with Crippen LogP contribution in [-0.4, -0.2) is 15.6 Å². The molecule has 4 heteroatoms. The molecule has 2 aliphatic heterocycles. The third-order valence-corrected chi connectivity index (χ3v) is 3.38. The Balaban J connectivity index is 1.90. The Morgan fingerprint density at radius 2 is 2.13 bits per heavy atom. The fourth-order valence-corrected chi connectivity index (χ4v) is 2.59. The first-order chi connectivity index (χ1) is 7.33. The number of hydrogen-bond donors (Lipinski definition) is 1. The third kappa shape index (κ3) is 1.51. The first kappa shape index (κ1) is 8.85. The van der Waals surface area contributed by atoms with Gasteiger partial charge in [0.05, 0.1) is 16.9 Å². The van der Waals surface area contributed by atoms with Crippen LogP contribution in [0.1, 0.15) is 12.5 Å². The van der Waals surface area contributed by atoms with Crippen molar-refractivity contribution in [3.05, 3.63) is 42.1 Å². The van der Waals surface area contributed by atoms with E-state index < -0.39 is 0 Å². The highest BCUT2D eigenvalue weighted by Gasteiger charge is 2.30. The summed E-state index contributed by atoms with van der Waals surface area (Å²) in [7, 11) is 0. The van der Waals surface area contributed by atoms with Gasteiger partial charge < -0.3 is 5.32 Å². The SMILES string of the molecule is CC1=NN2C=C(c3ccccc3)N[C@@H]2S1. The average Bonchev–Trinajstić information content (AvgIpc) is 2.76. The maximum Gasteiger partial charge on any atom is 0.174 e. The number of benzene rings is 1. The van der Waals surface area contributed by atoms with Crippen LogP contribution in [0.4, 0.5) is 0 Å². The highest BCUT2D eigenvalue weighted by Crippen LogP contribution is 2.32. The fourth-order valence-electron chi connectivity index (χ4n) is 1.72. The van der Waals surface area contributed by atoms with Gasteiger partial charge in [-0.2, -0.15) is 5.10 Å². The third-order valence-electron chi connectivity index (χ3n) is 2.40. The van der Waals surface area contributed by atoms with Crippen molar-refractivity contribution in [2.24, 2.45) is 5.10 Å². The van der Waals surface area contributed by atoms with Gasteiger partial charge in [-0.15, -0.1) is 0 Å². The maximum atomic E-state index is 4.40. The van der Waals surface area contributed by atoms with Gasteiger partial charge in [0.25, 0.3) is 0 Å². The molecule has 0 spiro atoms. The Labute approximate surface area is 92.9 Å². The molecule has 1 atom stereocenters. The van der Waals surface area contributed by atoms with Crippen molar-refractivity contribution in [2.75, 3.05) is 0 Å². The second-order valence-corrected chi connectivity index (χ2v) is 4.80. The minimum Gasteiger partial charge on any atom is -0.353 e. The predicted octanol–water partition coefficient (Wildman–Crippen LogP) is 2.25. The molecule has 1 aromatic rings. The quantitative estimate of drug-likeness (QED) is 0.782. The van der Waals surface area contributed by atoms with Crippen molar-refractivity contribution in [3.63, 3.8) is 0 Å². The Morgan fingerprint density at radius 1 is 1.33 bits per heavy atom. The van der Waals surface area contributed by atoms with E-state index in [1.165, 1.54) is 5.56 Å². The van der Waals surface area contributed by atoms with Gasteiger partial charge in [-0.05, 0) is 12.5 Å². The monoisotopic (exact) mass is 217 g/mol. The molecule has 0 aliphatic carbocycles. The summed E-state index contributed by atoms with van der Waals surface area (Å²) in [6.45, 7) is 2.03. The van der Waals surface area contributed by atoms with Crippen molar-refractivity contribution in [1.82, 2.24) is 10.3 Å². The zero-order valence-electron chi connectivity index (χ0n) is 8.34. The van der Waals surface area contributed by atoms with Crippen LogP contribution in [0.5, 0.6) is 0 Å². The number of rotatable bonds is 1. The van der Waals surface area contributed by atoms with E-state index >= 15 is 0 Å². The minimum atomic E-state index is 0.250. The van der Waals surface area contributed by atoms with Crippen LogP contribution < -0.4 is 5.32 Å². The molecule has 0 saturated heterocycles. The topological polar surface area (TPSA) is 27.6 Å². The zero-order chi connectivity index (χ0) is 10.3. The molecule has 1 aromatic carbocycles. The number of thioether (sulfide) groups is 1. The van der Waals surface area contributed by atoms with E-state index in [9.17, 15) is 0 Å². The summed E-state index contributed by atoms with van der Waals surface area (Å²) in [5, 5.41) is 10.9. The van der Waals surface area contributed by atoms with Crippen molar-refractivity contribution in [2.45, 2.75) is 12.4 Å². The lowest BCUT2D eigenvalue weighted by Crippen LogP contribution is -2.25. The number of hydrogen-bond acceptors (Lipinski definition) is 4. The predicted molar refractivity (Wildman–Crippen MR) is 63.9 cm³/mol. The Bertz CT molecular complexity index is 438. The van der Waals surface area contributed by atoms with Gasteiger partial charge in [-0.25, -0.2) is 5.01 Å². The number of nitrogens with zero attached hydrogens (tertiary/aromatic N) is 2. The van der Waals surface area contributed by atoms with E-state index in [1.807, 2.05) is 30.1 Å². The zero-order valence-corrected chi connectivity index (χ0v) is 9.16. The van der Waals surface area contributed by atoms with Crippen LogP contribution in [0.25, 0.3) is 5.70 Å². The second-order valence-electron chi connectivity index (χ2n) is 3.52. The van der Waals surface area contributed by atoms with Crippen molar-refractivity contribution < 1.29 is 0 Å². The van der Waals surface area contributed by atoms with Gasteiger partial charge in [0.2, 0.25) is 0 Å². The molecule has 0 fully saturated rings. The van der Waals surface area contributed by atoms with Gasteiger partial charge in [-0.1, -0.05) is 42.1 Å². The maximum absolute atomic E-state index is 4.40. The highest BCUT2D eigenvalue weighted by molar-refractivity contribution is 8.14. The van der Waals surface area contributed by atoms with E-state index in [4.69, 9.17) is 0 Å². The van der Waals surface area contributed by atoms with E-state index in [1.54, 1.807) is 11.8 Å². The minimum absolute atomic E-state index is 0.250. The summed E-state index contributed by atoms with van der Waals surface area (Å²) < 4.78 is 0. The van der Waals surface area contributed by atoms with Crippen LogP contribution in [0.2, 0.25) is 0 Å². The van der Waals surface area contributed by atoms with Crippen LogP contribution in [0.3, 0.4) is 0 Å². The van der Waals surface area contributed by atoms with E-state index in [-0.39, 0.29) is 5.50 Å². The van der Waals surface area contributed by atoms with Crippen LogP contribution in [-0.2, 0) is 0 Å². The summed E-state index contributed by atoms with van der Waals surface area (Å²) in [5.41, 5.74) is 2.60.